The summed E-state index contributed by atoms with van der Waals surface area (Å²) >= 11 is 0. The highest BCUT2D eigenvalue weighted by molar-refractivity contribution is 4.83. The molecule has 1 saturated carbocycles. The highest BCUT2D eigenvalue weighted by Gasteiger charge is 2.19. The molecule has 0 spiro atoms. The Morgan fingerprint density at radius 1 is 1.33 bits per heavy atom. The molecule has 0 heterocycles. The molecule has 0 aromatic carbocycles. The molecule has 0 bridgehead atoms. The predicted molar refractivity (Wildman–Crippen MR) is 72.1 cm³/mol. The van der Waals surface area contributed by atoms with Crippen LogP contribution in [-0.4, -0.2) is 31.8 Å². The van der Waals surface area contributed by atoms with Crippen molar-refractivity contribution in [2.45, 2.75) is 50.6 Å². The van der Waals surface area contributed by atoms with Crippen LogP contribution in [0.2, 0.25) is 0 Å². The predicted octanol–water partition coefficient (Wildman–Crippen LogP) is 2.63. The van der Waals surface area contributed by atoms with Crippen molar-refractivity contribution in [3.63, 3.8) is 0 Å². The molecule has 0 radical (unpaired) electrons. The van der Waals surface area contributed by atoms with Gasteiger partial charge in [-0.25, -0.2) is 0 Å². The van der Waals surface area contributed by atoms with Gasteiger partial charge in [0.15, 0.2) is 0 Å². The van der Waals surface area contributed by atoms with E-state index in [4.69, 9.17) is 16.7 Å². The molecule has 100 valence electrons. The molecule has 0 unspecified atom stereocenters. The van der Waals surface area contributed by atoms with E-state index in [9.17, 15) is 0 Å². The maximum absolute atomic E-state index is 8.36. The highest BCUT2D eigenvalue weighted by Crippen LogP contribution is 2.21. The van der Waals surface area contributed by atoms with E-state index in [-0.39, 0.29) is 6.04 Å². The van der Waals surface area contributed by atoms with Crippen LogP contribution in [0, 0.1) is 12.3 Å². The number of ether oxygens (including phenoxy) is 1. The maximum atomic E-state index is 8.36. The number of hydrogen-bond acceptors (Lipinski definition) is 3. The molecule has 1 fully saturated rings. The summed E-state index contributed by atoms with van der Waals surface area (Å²) in [5.41, 5.74) is 8.36. The van der Waals surface area contributed by atoms with E-state index >= 15 is 0 Å². The Bertz CT molecular complexity index is 299. The number of nitrogens with zero attached hydrogens (tertiary/aromatic N) is 3. The molecule has 0 aromatic heterocycles. The van der Waals surface area contributed by atoms with Gasteiger partial charge in [-0.1, -0.05) is 5.11 Å². The van der Waals surface area contributed by atoms with Gasteiger partial charge in [-0.05, 0) is 44.2 Å². The molecule has 1 rings (SSSR count). The van der Waals surface area contributed by atoms with Crippen molar-refractivity contribution in [2.75, 3.05) is 19.8 Å². The molecule has 1 aliphatic rings. The van der Waals surface area contributed by atoms with Gasteiger partial charge >= 0.3 is 0 Å². The fourth-order valence-corrected chi connectivity index (χ4v) is 2.18. The van der Waals surface area contributed by atoms with Crippen LogP contribution in [0.3, 0.4) is 0 Å². The third-order valence-electron chi connectivity index (χ3n) is 3.20. The highest BCUT2D eigenvalue weighted by atomic mass is 16.5. The van der Waals surface area contributed by atoms with E-state index in [0.29, 0.717) is 19.1 Å². The average Bonchev–Trinajstić information content (AvgIpc) is 2.40. The first-order chi connectivity index (χ1) is 8.86. The Labute approximate surface area is 109 Å². The van der Waals surface area contributed by atoms with Gasteiger partial charge in [0.1, 0.15) is 0 Å². The summed E-state index contributed by atoms with van der Waals surface area (Å²) in [5.74, 6) is 2.55. The van der Waals surface area contributed by atoms with E-state index in [0.717, 1.165) is 45.3 Å². The maximum Gasteiger partial charge on any atom is 0.0575 e. The van der Waals surface area contributed by atoms with Crippen LogP contribution < -0.4 is 5.32 Å². The van der Waals surface area contributed by atoms with E-state index in [1.165, 1.54) is 0 Å². The number of hydrogen-bond donors (Lipinski definition) is 1. The minimum atomic E-state index is 0.208. The third kappa shape index (κ3) is 6.51. The van der Waals surface area contributed by atoms with Gasteiger partial charge in [0.25, 0.3) is 0 Å². The van der Waals surface area contributed by atoms with E-state index in [2.05, 4.69) is 21.3 Å². The number of nitrogens with one attached hydrogen (secondary N) is 1. The van der Waals surface area contributed by atoms with Gasteiger partial charge < -0.3 is 10.1 Å². The molecule has 0 amide bonds. The summed E-state index contributed by atoms with van der Waals surface area (Å²) in [6.45, 7) is 2.41. The fraction of sp³-hybridized carbons (Fsp3) is 0.846. The van der Waals surface area contributed by atoms with Crippen LogP contribution in [0.25, 0.3) is 10.4 Å². The zero-order valence-corrected chi connectivity index (χ0v) is 10.8. The Kier molecular flexibility index (Phi) is 8.07. The van der Waals surface area contributed by atoms with Crippen LogP contribution in [0.15, 0.2) is 5.11 Å². The lowest BCUT2D eigenvalue weighted by molar-refractivity contribution is 0.136. The SMILES string of the molecule is C#CCCOCCCN[C@H]1CC[C@@H](N=[N+]=[N-])CC1. The minimum Gasteiger partial charge on any atom is -0.380 e. The van der Waals surface area contributed by atoms with E-state index < -0.39 is 0 Å². The largest absolute Gasteiger partial charge is 0.380 e. The van der Waals surface area contributed by atoms with E-state index in [1.807, 2.05) is 0 Å². The zero-order valence-electron chi connectivity index (χ0n) is 10.8. The second-order valence-corrected chi connectivity index (χ2v) is 4.58. The summed E-state index contributed by atoms with van der Waals surface area (Å²) < 4.78 is 5.37. The molecule has 5 heteroatoms. The summed E-state index contributed by atoms with van der Waals surface area (Å²) in [6, 6.07) is 0.779. The standard InChI is InChI=1S/C13H22N4O/c1-2-3-10-18-11-4-9-15-12-5-7-13(8-6-12)16-17-14/h1,12-13,15H,3-11H2/t12-,13+. The summed E-state index contributed by atoms with van der Waals surface area (Å²) in [5, 5.41) is 7.29. The van der Waals surface area contributed by atoms with E-state index in [1.54, 1.807) is 0 Å². The molecule has 1 N–H and O–H groups in total. The first-order valence-electron chi connectivity index (χ1n) is 6.65. The molecule has 0 aromatic rings. The lowest BCUT2D eigenvalue weighted by atomic mass is 9.92. The molecule has 0 aliphatic heterocycles. The zero-order chi connectivity index (χ0) is 13.1. The van der Waals surface area contributed by atoms with Gasteiger partial charge in [-0.15, -0.1) is 12.3 Å². The minimum absolute atomic E-state index is 0.208. The quantitative estimate of drug-likeness (QED) is 0.236. The average molecular weight is 250 g/mol. The topological polar surface area (TPSA) is 70.0 Å². The molecule has 0 saturated heterocycles. The van der Waals surface area contributed by atoms with Crippen LogP contribution in [0.4, 0.5) is 0 Å². The monoisotopic (exact) mass is 250 g/mol. The number of azide groups is 1. The Hall–Kier alpha value is -1.21. The van der Waals surface area contributed by atoms with Crippen LogP contribution in [-0.2, 0) is 4.74 Å². The molecule has 18 heavy (non-hydrogen) atoms. The second-order valence-electron chi connectivity index (χ2n) is 4.58. The van der Waals surface area contributed by atoms with Crippen molar-refractivity contribution in [3.8, 4) is 12.3 Å². The molecular weight excluding hydrogens is 228 g/mol. The lowest BCUT2D eigenvalue weighted by Crippen LogP contribution is -2.35. The van der Waals surface area contributed by atoms with Crippen LogP contribution >= 0.6 is 0 Å². The van der Waals surface area contributed by atoms with Gasteiger partial charge in [0.2, 0.25) is 0 Å². The van der Waals surface area contributed by atoms with Crippen LogP contribution in [0.1, 0.15) is 38.5 Å². The smallest absolute Gasteiger partial charge is 0.0575 e. The van der Waals surface area contributed by atoms with Crippen molar-refractivity contribution < 1.29 is 4.74 Å². The van der Waals surface area contributed by atoms with Gasteiger partial charge in [-0.3, -0.25) is 0 Å². The second kappa shape index (κ2) is 9.78. The van der Waals surface area contributed by atoms with Gasteiger partial charge in [0.05, 0.1) is 6.61 Å². The first kappa shape index (κ1) is 14.8. The Balaban J connectivity index is 1.95. The normalized spacial score (nSPS) is 23.1. The molecular formula is C13H22N4O. The van der Waals surface area contributed by atoms with Crippen molar-refractivity contribution in [1.29, 1.82) is 0 Å². The Morgan fingerprint density at radius 2 is 2.11 bits per heavy atom. The third-order valence-corrected chi connectivity index (χ3v) is 3.20. The Morgan fingerprint density at radius 3 is 2.78 bits per heavy atom. The molecule has 5 nitrogen and oxygen atoms in total. The summed E-state index contributed by atoms with van der Waals surface area (Å²) in [4.78, 5) is 2.87. The number of rotatable bonds is 8. The van der Waals surface area contributed by atoms with Crippen molar-refractivity contribution in [3.05, 3.63) is 10.4 Å². The first-order valence-corrected chi connectivity index (χ1v) is 6.65. The van der Waals surface area contributed by atoms with Crippen molar-refractivity contribution in [1.82, 2.24) is 5.32 Å². The van der Waals surface area contributed by atoms with Crippen LogP contribution in [0.5, 0.6) is 0 Å². The summed E-state index contributed by atoms with van der Waals surface area (Å²) in [7, 11) is 0. The molecule has 0 atom stereocenters. The van der Waals surface area contributed by atoms with Crippen molar-refractivity contribution >= 4 is 0 Å². The molecule has 1 aliphatic carbocycles. The van der Waals surface area contributed by atoms with Gasteiger partial charge in [-0.2, -0.15) is 0 Å². The lowest BCUT2D eigenvalue weighted by Gasteiger charge is -2.26. The summed E-state index contributed by atoms with van der Waals surface area (Å²) in [6.07, 6.45) is 11.0. The number of terminal acetylenes is 1. The fourth-order valence-electron chi connectivity index (χ4n) is 2.18. The van der Waals surface area contributed by atoms with Gasteiger partial charge in [0, 0.05) is 30.0 Å². The van der Waals surface area contributed by atoms with Crippen molar-refractivity contribution in [2.24, 2.45) is 5.11 Å².